The van der Waals surface area contributed by atoms with Crippen molar-refractivity contribution in [3.8, 4) is 0 Å². The second kappa shape index (κ2) is 7.11. The quantitative estimate of drug-likeness (QED) is 0.695. The van der Waals surface area contributed by atoms with E-state index in [1.54, 1.807) is 6.92 Å². The summed E-state index contributed by atoms with van der Waals surface area (Å²) in [6.45, 7) is 8.01. The van der Waals surface area contributed by atoms with Crippen molar-refractivity contribution in [2.75, 3.05) is 29.9 Å². The highest BCUT2D eigenvalue weighted by Gasteiger charge is 2.27. The van der Waals surface area contributed by atoms with Gasteiger partial charge in [0, 0.05) is 27.1 Å². The van der Waals surface area contributed by atoms with Gasteiger partial charge in [0.25, 0.3) is 0 Å². The van der Waals surface area contributed by atoms with Gasteiger partial charge >= 0.3 is 0 Å². The van der Waals surface area contributed by atoms with Crippen molar-refractivity contribution in [1.29, 1.82) is 0 Å². The van der Waals surface area contributed by atoms with Gasteiger partial charge in [0.1, 0.15) is 0 Å². The van der Waals surface area contributed by atoms with Gasteiger partial charge in [-0.2, -0.15) is 4.98 Å². The maximum absolute atomic E-state index is 5.89. The number of morpholine rings is 1. The molecule has 0 bridgehead atoms. The Morgan fingerprint density at radius 1 is 1.07 bits per heavy atom. The predicted molar refractivity (Wildman–Crippen MR) is 103 cm³/mol. The van der Waals surface area contributed by atoms with Crippen LogP contribution in [0.15, 0.2) is 28.8 Å². The van der Waals surface area contributed by atoms with E-state index in [0.717, 1.165) is 35.8 Å². The van der Waals surface area contributed by atoms with Gasteiger partial charge in [0.05, 0.1) is 29.8 Å². The van der Waals surface area contributed by atoms with Crippen molar-refractivity contribution in [3.05, 3.63) is 36.0 Å². The molecule has 0 N–H and O–H groups in total. The second-order valence-corrected chi connectivity index (χ2v) is 7.11. The molecule has 142 valence electrons. The minimum Gasteiger partial charge on any atom is -0.372 e. The molecule has 0 saturated carbocycles. The summed E-state index contributed by atoms with van der Waals surface area (Å²) in [6, 6.07) is 7.93. The van der Waals surface area contributed by atoms with Gasteiger partial charge in [-0.1, -0.05) is 17.3 Å². The van der Waals surface area contributed by atoms with Crippen molar-refractivity contribution in [1.82, 2.24) is 20.1 Å². The largest absolute Gasteiger partial charge is 0.372 e. The van der Waals surface area contributed by atoms with E-state index >= 15 is 0 Å². The van der Waals surface area contributed by atoms with Crippen LogP contribution in [-0.2, 0) is 11.3 Å². The number of aryl methyl sites for hydroxylation is 1. The van der Waals surface area contributed by atoms with Gasteiger partial charge in [0.15, 0.2) is 17.5 Å². The van der Waals surface area contributed by atoms with E-state index in [1.165, 1.54) is 0 Å². The molecule has 1 saturated heterocycles. The molecule has 2 atom stereocenters. The second-order valence-electron chi connectivity index (χ2n) is 7.11. The first-order valence-corrected chi connectivity index (χ1v) is 9.17. The van der Waals surface area contributed by atoms with Gasteiger partial charge in [-0.05, 0) is 26.0 Å². The summed E-state index contributed by atoms with van der Waals surface area (Å²) in [6.07, 6.45) is 0.278. The van der Waals surface area contributed by atoms with Crippen LogP contribution in [0.2, 0.25) is 0 Å². The summed E-state index contributed by atoms with van der Waals surface area (Å²) in [5.41, 5.74) is 1.74. The number of nitrogens with zero attached hydrogens (tertiary/aromatic N) is 6. The summed E-state index contributed by atoms with van der Waals surface area (Å²) in [5.74, 6) is 2.84. The minimum atomic E-state index is 0.139. The predicted octanol–water partition coefficient (Wildman–Crippen LogP) is 2.57. The number of hydrogen-bond acceptors (Lipinski definition) is 8. The third kappa shape index (κ3) is 3.71. The third-order valence-electron chi connectivity index (χ3n) is 4.56. The van der Waals surface area contributed by atoms with E-state index in [0.29, 0.717) is 18.3 Å². The van der Waals surface area contributed by atoms with Crippen LogP contribution in [-0.4, -0.2) is 52.5 Å². The molecular formula is C19H24N6O2. The van der Waals surface area contributed by atoms with Crippen molar-refractivity contribution >= 4 is 22.7 Å². The van der Waals surface area contributed by atoms with Crippen LogP contribution in [0.25, 0.3) is 11.0 Å². The molecule has 0 radical (unpaired) electrons. The number of benzene rings is 1. The number of anilines is 2. The maximum atomic E-state index is 5.89. The number of aromatic nitrogens is 4. The van der Waals surface area contributed by atoms with E-state index < -0.39 is 0 Å². The summed E-state index contributed by atoms with van der Waals surface area (Å²) in [4.78, 5) is 18.4. The number of ether oxygens (including phenoxy) is 1. The van der Waals surface area contributed by atoms with Crippen LogP contribution < -0.4 is 9.80 Å². The van der Waals surface area contributed by atoms with Gasteiger partial charge in [0.2, 0.25) is 5.89 Å². The fourth-order valence-electron chi connectivity index (χ4n) is 3.49. The molecule has 1 aliphatic rings. The Morgan fingerprint density at radius 3 is 2.37 bits per heavy atom. The standard InChI is InChI=1S/C19H24N6O2/c1-12-9-25(10-13(2)26-12)19-18(21-15-7-5-6-8-16(15)22-19)24(4)11-17-20-14(3)27-23-17/h5-8,12-13H,9-11H2,1-4H3. The maximum Gasteiger partial charge on any atom is 0.223 e. The Morgan fingerprint density at radius 2 is 1.74 bits per heavy atom. The highest BCUT2D eigenvalue weighted by atomic mass is 16.5. The summed E-state index contributed by atoms with van der Waals surface area (Å²) < 4.78 is 11.0. The van der Waals surface area contributed by atoms with E-state index in [4.69, 9.17) is 19.2 Å². The highest BCUT2D eigenvalue weighted by Crippen LogP contribution is 2.30. The average Bonchev–Trinajstić information content (AvgIpc) is 3.04. The van der Waals surface area contributed by atoms with Crippen molar-refractivity contribution in [2.24, 2.45) is 0 Å². The molecule has 3 aromatic rings. The number of para-hydroxylation sites is 2. The molecule has 8 heteroatoms. The average molecular weight is 368 g/mol. The number of fused-ring (bicyclic) bond motifs is 1. The van der Waals surface area contributed by atoms with E-state index in [9.17, 15) is 0 Å². The van der Waals surface area contributed by atoms with Crippen molar-refractivity contribution in [2.45, 2.75) is 39.5 Å². The Labute approximate surface area is 158 Å². The first-order chi connectivity index (χ1) is 13.0. The van der Waals surface area contributed by atoms with Gasteiger partial charge in [-0.3, -0.25) is 0 Å². The monoisotopic (exact) mass is 368 g/mol. The molecule has 1 fully saturated rings. The Hall–Kier alpha value is -2.74. The first-order valence-electron chi connectivity index (χ1n) is 9.17. The Kier molecular flexibility index (Phi) is 4.65. The van der Waals surface area contributed by atoms with Crippen LogP contribution in [0.1, 0.15) is 25.6 Å². The van der Waals surface area contributed by atoms with E-state index in [1.807, 2.05) is 36.2 Å². The zero-order valence-electron chi connectivity index (χ0n) is 16.1. The van der Waals surface area contributed by atoms with Crippen molar-refractivity contribution < 1.29 is 9.26 Å². The molecule has 3 heterocycles. The molecule has 2 aromatic heterocycles. The molecule has 8 nitrogen and oxygen atoms in total. The molecule has 4 rings (SSSR count). The zero-order valence-corrected chi connectivity index (χ0v) is 16.1. The summed E-state index contributed by atoms with van der Waals surface area (Å²) in [5, 5.41) is 4.00. The normalized spacial score (nSPS) is 20.2. The van der Waals surface area contributed by atoms with Crippen LogP contribution in [0.5, 0.6) is 0 Å². The Bertz CT molecular complexity index is 933. The topological polar surface area (TPSA) is 80.4 Å². The molecule has 2 unspecified atom stereocenters. The van der Waals surface area contributed by atoms with E-state index in [-0.39, 0.29) is 12.2 Å². The fourth-order valence-corrected chi connectivity index (χ4v) is 3.49. The molecule has 27 heavy (non-hydrogen) atoms. The number of rotatable bonds is 4. The lowest BCUT2D eigenvalue weighted by molar-refractivity contribution is -0.00542. The van der Waals surface area contributed by atoms with Gasteiger partial charge in [-0.15, -0.1) is 0 Å². The SMILES string of the molecule is Cc1nc(CN(C)c2nc3ccccc3nc2N2CC(C)OC(C)C2)no1. The van der Waals surface area contributed by atoms with Crippen LogP contribution in [0.4, 0.5) is 11.6 Å². The summed E-state index contributed by atoms with van der Waals surface area (Å²) >= 11 is 0. The van der Waals surface area contributed by atoms with Crippen molar-refractivity contribution in [3.63, 3.8) is 0 Å². The third-order valence-corrected chi connectivity index (χ3v) is 4.56. The molecular weight excluding hydrogens is 344 g/mol. The molecule has 1 aromatic carbocycles. The lowest BCUT2D eigenvalue weighted by atomic mass is 10.2. The minimum absolute atomic E-state index is 0.139. The summed E-state index contributed by atoms with van der Waals surface area (Å²) in [7, 11) is 1.97. The molecule has 0 amide bonds. The van der Waals surface area contributed by atoms with Crippen LogP contribution >= 0.6 is 0 Å². The van der Waals surface area contributed by atoms with E-state index in [2.05, 4.69) is 28.9 Å². The smallest absolute Gasteiger partial charge is 0.223 e. The lowest BCUT2D eigenvalue weighted by Gasteiger charge is -2.37. The first kappa shape index (κ1) is 17.7. The molecule has 0 spiro atoms. The molecule has 1 aliphatic heterocycles. The fraction of sp³-hybridized carbons (Fsp3) is 0.474. The number of hydrogen-bond donors (Lipinski definition) is 0. The van der Waals surface area contributed by atoms with Crippen LogP contribution in [0.3, 0.4) is 0 Å². The molecule has 0 aliphatic carbocycles. The van der Waals surface area contributed by atoms with Gasteiger partial charge in [-0.25, -0.2) is 9.97 Å². The lowest BCUT2D eigenvalue weighted by Crippen LogP contribution is -2.46. The van der Waals surface area contributed by atoms with Crippen LogP contribution in [0, 0.1) is 6.92 Å². The Balaban J connectivity index is 1.74. The zero-order chi connectivity index (χ0) is 19.0. The highest BCUT2D eigenvalue weighted by molar-refractivity contribution is 5.80. The van der Waals surface area contributed by atoms with Gasteiger partial charge < -0.3 is 19.1 Å².